The molecule has 0 atom stereocenters. The average Bonchev–Trinajstić information content (AvgIpc) is 2.52. The molecule has 0 saturated heterocycles. The van der Waals surface area contributed by atoms with Crippen molar-refractivity contribution in [2.24, 2.45) is 0 Å². The topological polar surface area (TPSA) is 69.4 Å². The van der Waals surface area contributed by atoms with E-state index < -0.39 is 4.92 Å². The number of hydrogen-bond acceptors (Lipinski definition) is 4. The third-order valence-electron chi connectivity index (χ3n) is 3.31. The smallest absolute Gasteiger partial charge is 0.288 e. The van der Waals surface area contributed by atoms with Crippen molar-refractivity contribution in [3.63, 3.8) is 0 Å². The van der Waals surface area contributed by atoms with Crippen molar-refractivity contribution in [3.8, 4) is 5.75 Å². The molecule has 0 spiro atoms. The van der Waals surface area contributed by atoms with Crippen LogP contribution in [0.4, 0.5) is 5.69 Å². The molecular formula is C16H10ClNO4. The Morgan fingerprint density at radius 3 is 2.77 bits per heavy atom. The van der Waals surface area contributed by atoms with Gasteiger partial charge in [-0.15, -0.1) is 0 Å². The zero-order valence-electron chi connectivity index (χ0n) is 11.3. The van der Waals surface area contributed by atoms with E-state index in [4.69, 9.17) is 16.3 Å². The first kappa shape index (κ1) is 14.3. The van der Waals surface area contributed by atoms with Gasteiger partial charge in [0.05, 0.1) is 10.5 Å². The van der Waals surface area contributed by atoms with Crippen LogP contribution in [0.5, 0.6) is 5.75 Å². The summed E-state index contributed by atoms with van der Waals surface area (Å²) in [6.07, 6.45) is 1.58. The summed E-state index contributed by atoms with van der Waals surface area (Å²) >= 11 is 5.78. The van der Waals surface area contributed by atoms with Crippen molar-refractivity contribution in [1.29, 1.82) is 0 Å². The molecule has 3 rings (SSSR count). The van der Waals surface area contributed by atoms with Crippen LogP contribution in [0.25, 0.3) is 6.08 Å². The third kappa shape index (κ3) is 2.58. The fourth-order valence-electron chi connectivity index (χ4n) is 2.24. The van der Waals surface area contributed by atoms with Gasteiger partial charge in [0.2, 0.25) is 0 Å². The van der Waals surface area contributed by atoms with Crippen LogP contribution in [-0.2, 0) is 0 Å². The quantitative estimate of drug-likeness (QED) is 0.478. The number of nitro benzene ring substituents is 1. The van der Waals surface area contributed by atoms with E-state index in [1.165, 1.54) is 12.1 Å². The number of ether oxygens (including phenoxy) is 1. The van der Waals surface area contributed by atoms with Gasteiger partial charge in [0, 0.05) is 11.6 Å². The van der Waals surface area contributed by atoms with Crippen LogP contribution in [0.15, 0.2) is 48.0 Å². The molecule has 0 aromatic heterocycles. The van der Waals surface area contributed by atoms with Gasteiger partial charge < -0.3 is 4.74 Å². The van der Waals surface area contributed by atoms with Gasteiger partial charge in [-0.2, -0.15) is 0 Å². The number of rotatable bonds is 2. The number of hydrogen-bond donors (Lipinski definition) is 0. The normalized spacial score (nSPS) is 15.3. The van der Waals surface area contributed by atoms with Crippen LogP contribution in [0.3, 0.4) is 0 Å². The number of ketones is 1. The predicted octanol–water partition coefficient (Wildman–Crippen LogP) is 3.91. The van der Waals surface area contributed by atoms with Gasteiger partial charge in [-0.3, -0.25) is 14.9 Å². The molecule has 1 heterocycles. The monoisotopic (exact) mass is 315 g/mol. The van der Waals surface area contributed by atoms with Crippen molar-refractivity contribution in [3.05, 3.63) is 74.3 Å². The molecule has 2 aromatic rings. The second-order valence-electron chi connectivity index (χ2n) is 4.75. The van der Waals surface area contributed by atoms with Gasteiger partial charge in [0.25, 0.3) is 5.69 Å². The number of halogens is 1. The van der Waals surface area contributed by atoms with Gasteiger partial charge in [-0.1, -0.05) is 29.8 Å². The van der Waals surface area contributed by atoms with E-state index in [1.54, 1.807) is 36.4 Å². The number of nitro groups is 1. The maximum Gasteiger partial charge on any atom is 0.288 e. The predicted molar refractivity (Wildman–Crippen MR) is 82.4 cm³/mol. The molecule has 1 aliphatic rings. The minimum Gasteiger partial charge on any atom is -0.488 e. The lowest BCUT2D eigenvalue weighted by Crippen LogP contribution is -2.18. The van der Waals surface area contributed by atoms with Crippen molar-refractivity contribution in [2.75, 3.05) is 6.61 Å². The molecular weight excluding hydrogens is 306 g/mol. The van der Waals surface area contributed by atoms with Crippen molar-refractivity contribution < 1.29 is 14.5 Å². The highest BCUT2D eigenvalue weighted by atomic mass is 35.5. The summed E-state index contributed by atoms with van der Waals surface area (Å²) in [5, 5.41) is 11.0. The maximum absolute atomic E-state index is 12.4. The SMILES string of the molecule is O=C1/C(=C/c2ccc(Cl)c([N+](=O)[O-])c2)COc2ccccc21. The summed E-state index contributed by atoms with van der Waals surface area (Å²) in [6.45, 7) is 0.131. The van der Waals surface area contributed by atoms with E-state index in [-0.39, 0.29) is 23.1 Å². The highest BCUT2D eigenvalue weighted by Gasteiger charge is 2.23. The van der Waals surface area contributed by atoms with Crippen molar-refractivity contribution in [1.82, 2.24) is 0 Å². The Balaban J connectivity index is 1.99. The number of para-hydroxylation sites is 1. The van der Waals surface area contributed by atoms with Crippen LogP contribution in [0.1, 0.15) is 15.9 Å². The molecule has 0 radical (unpaired) electrons. The van der Waals surface area contributed by atoms with E-state index in [0.717, 1.165) is 0 Å². The average molecular weight is 316 g/mol. The van der Waals surface area contributed by atoms with Crippen molar-refractivity contribution in [2.45, 2.75) is 0 Å². The molecule has 1 aliphatic heterocycles. The molecule has 0 saturated carbocycles. The first-order valence-corrected chi connectivity index (χ1v) is 6.85. The minimum atomic E-state index is -0.557. The number of fused-ring (bicyclic) bond motifs is 1. The Bertz CT molecular complexity index is 814. The van der Waals surface area contributed by atoms with E-state index in [0.29, 0.717) is 22.4 Å². The van der Waals surface area contributed by atoms with Crippen molar-refractivity contribution >= 4 is 29.1 Å². The molecule has 0 aliphatic carbocycles. The Hall–Kier alpha value is -2.66. The summed E-state index contributed by atoms with van der Waals surface area (Å²) in [4.78, 5) is 22.7. The lowest BCUT2D eigenvalue weighted by Gasteiger charge is -2.18. The second-order valence-corrected chi connectivity index (χ2v) is 5.16. The number of carbonyl (C=O) groups is 1. The lowest BCUT2D eigenvalue weighted by atomic mass is 9.98. The second kappa shape index (κ2) is 5.61. The van der Waals surface area contributed by atoms with Crippen LogP contribution < -0.4 is 4.74 Å². The van der Waals surface area contributed by atoms with Gasteiger partial charge in [-0.25, -0.2) is 0 Å². The largest absolute Gasteiger partial charge is 0.488 e. The zero-order valence-corrected chi connectivity index (χ0v) is 12.0. The molecule has 0 unspecified atom stereocenters. The van der Waals surface area contributed by atoms with E-state index in [9.17, 15) is 14.9 Å². The minimum absolute atomic E-state index is 0.0590. The summed E-state index contributed by atoms with van der Waals surface area (Å²) in [6, 6.07) is 11.4. The third-order valence-corrected chi connectivity index (χ3v) is 3.63. The zero-order chi connectivity index (χ0) is 15.7. The van der Waals surface area contributed by atoms with Gasteiger partial charge in [0.15, 0.2) is 5.78 Å². The first-order valence-electron chi connectivity index (χ1n) is 6.47. The molecule has 2 aromatic carbocycles. The van der Waals surface area contributed by atoms with Gasteiger partial charge in [-0.05, 0) is 29.8 Å². The van der Waals surface area contributed by atoms with E-state index in [1.807, 2.05) is 0 Å². The summed E-state index contributed by atoms with van der Waals surface area (Å²) < 4.78 is 5.53. The molecule has 0 amide bonds. The number of nitrogens with zero attached hydrogens (tertiary/aromatic N) is 1. The molecule has 0 bridgehead atoms. The standard InChI is InChI=1S/C16H10ClNO4/c17-13-6-5-10(8-14(13)18(20)21)7-11-9-22-15-4-2-1-3-12(15)16(11)19/h1-8H,9H2/b11-7+. The fourth-order valence-corrected chi connectivity index (χ4v) is 2.43. The van der Waals surface area contributed by atoms with Crippen LogP contribution in [0, 0.1) is 10.1 Å². The maximum atomic E-state index is 12.4. The number of Topliss-reactive ketones (excluding diaryl/α,β-unsaturated/α-hetero) is 1. The highest BCUT2D eigenvalue weighted by molar-refractivity contribution is 6.32. The molecule has 0 fully saturated rings. The fraction of sp³-hybridized carbons (Fsp3) is 0.0625. The summed E-state index contributed by atoms with van der Waals surface area (Å²) in [5.74, 6) is 0.409. The molecule has 0 N–H and O–H groups in total. The van der Waals surface area contributed by atoms with E-state index >= 15 is 0 Å². The Kier molecular flexibility index (Phi) is 3.65. The Morgan fingerprint density at radius 1 is 1.23 bits per heavy atom. The number of benzene rings is 2. The van der Waals surface area contributed by atoms with Crippen LogP contribution in [-0.4, -0.2) is 17.3 Å². The Morgan fingerprint density at radius 2 is 2.00 bits per heavy atom. The van der Waals surface area contributed by atoms with Crippen LogP contribution in [0.2, 0.25) is 5.02 Å². The molecule has 22 heavy (non-hydrogen) atoms. The van der Waals surface area contributed by atoms with E-state index in [2.05, 4.69) is 0 Å². The van der Waals surface area contributed by atoms with Crippen LogP contribution >= 0.6 is 11.6 Å². The molecule has 110 valence electrons. The lowest BCUT2D eigenvalue weighted by molar-refractivity contribution is -0.384. The van der Waals surface area contributed by atoms with Gasteiger partial charge >= 0.3 is 0 Å². The Labute approximate surface area is 130 Å². The summed E-state index contributed by atoms with van der Waals surface area (Å²) in [5.41, 5.74) is 1.27. The highest BCUT2D eigenvalue weighted by Crippen LogP contribution is 2.29. The molecule has 5 nitrogen and oxygen atoms in total. The van der Waals surface area contributed by atoms with Gasteiger partial charge in [0.1, 0.15) is 17.4 Å². The molecule has 6 heteroatoms. The first-order chi connectivity index (χ1) is 10.6. The number of carbonyl (C=O) groups excluding carboxylic acids is 1. The summed E-state index contributed by atoms with van der Waals surface area (Å²) in [7, 11) is 0.